The topological polar surface area (TPSA) is 38.1 Å². The first kappa shape index (κ1) is 14.6. The van der Waals surface area contributed by atoms with E-state index < -0.39 is 0 Å². The summed E-state index contributed by atoms with van der Waals surface area (Å²) in [6.45, 7) is 9.56. The molecule has 2 rings (SSSR count). The van der Waals surface area contributed by atoms with Crippen LogP contribution in [0.5, 0.6) is 0 Å². The van der Waals surface area contributed by atoms with Crippen LogP contribution in [0.25, 0.3) is 11.0 Å². The van der Waals surface area contributed by atoms with Gasteiger partial charge in [-0.2, -0.15) is 0 Å². The molecule has 4 heteroatoms. The van der Waals surface area contributed by atoms with E-state index in [2.05, 4.69) is 16.5 Å². The maximum Gasteiger partial charge on any atom is 0.245 e. The Hall–Kier alpha value is -1.84. The number of aryl methyl sites for hydroxylation is 1. The van der Waals surface area contributed by atoms with Gasteiger partial charge in [0, 0.05) is 19.5 Å². The molecule has 1 heterocycles. The number of rotatable bonds is 5. The van der Waals surface area contributed by atoms with Gasteiger partial charge in [0.05, 0.1) is 11.0 Å². The average molecular weight is 273 g/mol. The second kappa shape index (κ2) is 6.07. The van der Waals surface area contributed by atoms with E-state index in [1.807, 2.05) is 49.9 Å². The largest absolute Gasteiger partial charge is 0.341 e. The highest BCUT2D eigenvalue weighted by molar-refractivity contribution is 5.84. The predicted molar refractivity (Wildman–Crippen MR) is 81.8 cm³/mol. The minimum Gasteiger partial charge on any atom is -0.341 e. The summed E-state index contributed by atoms with van der Waals surface area (Å²) in [7, 11) is 0. The molecule has 0 saturated heterocycles. The number of imidazole rings is 1. The van der Waals surface area contributed by atoms with E-state index in [4.69, 9.17) is 0 Å². The summed E-state index contributed by atoms with van der Waals surface area (Å²) in [5, 5.41) is 0. The Balaban J connectivity index is 2.48. The fourth-order valence-corrected chi connectivity index (χ4v) is 2.69. The van der Waals surface area contributed by atoms with Gasteiger partial charge in [-0.1, -0.05) is 19.1 Å². The first-order valence-electron chi connectivity index (χ1n) is 7.38. The molecule has 0 aliphatic heterocycles. The summed E-state index contributed by atoms with van der Waals surface area (Å²) in [4.78, 5) is 19.1. The predicted octanol–water partition coefficient (Wildman–Crippen LogP) is 3.03. The number of hydrogen-bond donors (Lipinski definition) is 0. The summed E-state index contributed by atoms with van der Waals surface area (Å²) in [5.74, 6) is 1.13. The lowest BCUT2D eigenvalue weighted by Gasteiger charge is -2.25. The number of para-hydroxylation sites is 2. The van der Waals surface area contributed by atoms with Gasteiger partial charge in [0.15, 0.2) is 0 Å². The number of likely N-dealkylation sites (N-methyl/N-ethyl adjacent to an activating group) is 1. The van der Waals surface area contributed by atoms with E-state index in [9.17, 15) is 4.79 Å². The highest BCUT2D eigenvalue weighted by Crippen LogP contribution is 2.22. The minimum atomic E-state index is -0.211. The molecule has 0 spiro atoms. The summed E-state index contributed by atoms with van der Waals surface area (Å²) in [5.41, 5.74) is 2.00. The zero-order valence-corrected chi connectivity index (χ0v) is 12.8. The van der Waals surface area contributed by atoms with Crippen LogP contribution in [0, 0.1) is 0 Å². The van der Waals surface area contributed by atoms with E-state index >= 15 is 0 Å². The van der Waals surface area contributed by atoms with Crippen LogP contribution in [-0.4, -0.2) is 33.4 Å². The number of nitrogens with zero attached hydrogens (tertiary/aromatic N) is 3. The van der Waals surface area contributed by atoms with Crippen molar-refractivity contribution in [1.29, 1.82) is 0 Å². The number of carbonyl (C=O) groups excluding carboxylic acids is 1. The van der Waals surface area contributed by atoms with Crippen molar-refractivity contribution < 1.29 is 4.79 Å². The van der Waals surface area contributed by atoms with E-state index in [0.717, 1.165) is 36.4 Å². The van der Waals surface area contributed by atoms with E-state index in [1.54, 1.807) is 0 Å². The third-order valence-electron chi connectivity index (χ3n) is 3.80. The number of fused-ring (bicyclic) bond motifs is 1. The van der Waals surface area contributed by atoms with Crippen LogP contribution in [0.3, 0.4) is 0 Å². The molecule has 0 aliphatic carbocycles. The minimum absolute atomic E-state index is 0.160. The fraction of sp³-hybridized carbons (Fsp3) is 0.500. The van der Waals surface area contributed by atoms with Crippen molar-refractivity contribution in [2.45, 2.75) is 40.2 Å². The van der Waals surface area contributed by atoms with Gasteiger partial charge in [-0.05, 0) is 32.9 Å². The van der Waals surface area contributed by atoms with Gasteiger partial charge in [-0.15, -0.1) is 0 Å². The number of benzene rings is 1. The quantitative estimate of drug-likeness (QED) is 0.840. The van der Waals surface area contributed by atoms with Gasteiger partial charge in [0.2, 0.25) is 5.91 Å². The van der Waals surface area contributed by atoms with Crippen LogP contribution in [0.2, 0.25) is 0 Å². The van der Waals surface area contributed by atoms with Gasteiger partial charge in [-0.25, -0.2) is 4.98 Å². The standard InChI is InChI=1S/C16H23N3O/c1-5-15-17-13-10-8-9-11-14(13)19(15)12(4)16(20)18(6-2)7-3/h8-12H,5-7H2,1-4H3. The third kappa shape index (κ3) is 2.42. The molecule has 0 N–H and O–H groups in total. The molecule has 0 radical (unpaired) electrons. The number of aromatic nitrogens is 2. The molecule has 4 nitrogen and oxygen atoms in total. The molecule has 2 aromatic rings. The molecular formula is C16H23N3O. The first-order chi connectivity index (χ1) is 9.63. The Bertz CT molecular complexity index is 599. The average Bonchev–Trinajstić information content (AvgIpc) is 2.86. The molecule has 0 aliphatic rings. The monoisotopic (exact) mass is 273 g/mol. The maximum atomic E-state index is 12.6. The molecule has 0 fully saturated rings. The van der Waals surface area contributed by atoms with Crippen LogP contribution >= 0.6 is 0 Å². The van der Waals surface area contributed by atoms with E-state index in [1.165, 1.54) is 0 Å². The smallest absolute Gasteiger partial charge is 0.245 e. The third-order valence-corrected chi connectivity index (χ3v) is 3.80. The van der Waals surface area contributed by atoms with Gasteiger partial charge < -0.3 is 9.47 Å². The van der Waals surface area contributed by atoms with Gasteiger partial charge in [-0.3, -0.25) is 4.79 Å². The van der Waals surface area contributed by atoms with Crippen molar-refractivity contribution in [3.63, 3.8) is 0 Å². The van der Waals surface area contributed by atoms with E-state index in [0.29, 0.717) is 0 Å². The van der Waals surface area contributed by atoms with Crippen molar-refractivity contribution in [1.82, 2.24) is 14.5 Å². The lowest BCUT2D eigenvalue weighted by Crippen LogP contribution is -2.36. The number of carbonyl (C=O) groups is 1. The summed E-state index contributed by atoms with van der Waals surface area (Å²) in [6.07, 6.45) is 0.824. The zero-order chi connectivity index (χ0) is 14.7. The maximum absolute atomic E-state index is 12.6. The second-order valence-corrected chi connectivity index (χ2v) is 4.93. The van der Waals surface area contributed by atoms with Gasteiger partial charge in [0.25, 0.3) is 0 Å². The molecule has 1 aromatic carbocycles. The Labute approximate surface area is 120 Å². The molecular weight excluding hydrogens is 250 g/mol. The van der Waals surface area contributed by atoms with Gasteiger partial charge in [0.1, 0.15) is 11.9 Å². The Morgan fingerprint density at radius 2 is 1.90 bits per heavy atom. The lowest BCUT2D eigenvalue weighted by molar-refractivity contribution is -0.133. The van der Waals surface area contributed by atoms with Crippen LogP contribution in [0.4, 0.5) is 0 Å². The van der Waals surface area contributed by atoms with Crippen molar-refractivity contribution in [2.24, 2.45) is 0 Å². The van der Waals surface area contributed by atoms with Crippen molar-refractivity contribution >= 4 is 16.9 Å². The summed E-state index contributed by atoms with van der Waals surface area (Å²) in [6, 6.07) is 7.80. The first-order valence-corrected chi connectivity index (χ1v) is 7.38. The molecule has 1 amide bonds. The molecule has 0 saturated carbocycles. The van der Waals surface area contributed by atoms with Crippen molar-refractivity contribution in [3.05, 3.63) is 30.1 Å². The fourth-order valence-electron chi connectivity index (χ4n) is 2.69. The zero-order valence-electron chi connectivity index (χ0n) is 12.8. The summed E-state index contributed by atoms with van der Waals surface area (Å²) < 4.78 is 2.08. The molecule has 1 unspecified atom stereocenters. The molecule has 1 aromatic heterocycles. The normalized spacial score (nSPS) is 12.6. The summed E-state index contributed by atoms with van der Waals surface area (Å²) >= 11 is 0. The SMILES string of the molecule is CCc1nc2ccccc2n1C(C)C(=O)N(CC)CC. The van der Waals surface area contributed by atoms with Crippen LogP contribution < -0.4 is 0 Å². The van der Waals surface area contributed by atoms with Crippen LogP contribution in [0.1, 0.15) is 39.6 Å². The Kier molecular flexibility index (Phi) is 4.42. The van der Waals surface area contributed by atoms with Gasteiger partial charge >= 0.3 is 0 Å². The highest BCUT2D eigenvalue weighted by atomic mass is 16.2. The molecule has 0 bridgehead atoms. The molecule has 20 heavy (non-hydrogen) atoms. The van der Waals surface area contributed by atoms with E-state index in [-0.39, 0.29) is 11.9 Å². The second-order valence-electron chi connectivity index (χ2n) is 4.93. The van der Waals surface area contributed by atoms with Crippen LogP contribution in [0.15, 0.2) is 24.3 Å². The highest BCUT2D eigenvalue weighted by Gasteiger charge is 2.23. The number of hydrogen-bond acceptors (Lipinski definition) is 2. The molecule has 1 atom stereocenters. The van der Waals surface area contributed by atoms with Crippen molar-refractivity contribution in [3.8, 4) is 0 Å². The van der Waals surface area contributed by atoms with Crippen LogP contribution in [-0.2, 0) is 11.2 Å². The Morgan fingerprint density at radius 1 is 1.25 bits per heavy atom. The lowest BCUT2D eigenvalue weighted by atomic mass is 10.2. The van der Waals surface area contributed by atoms with Crippen molar-refractivity contribution in [2.75, 3.05) is 13.1 Å². The number of amides is 1. The molecule has 108 valence electrons. The Morgan fingerprint density at radius 3 is 2.50 bits per heavy atom.